The Kier molecular flexibility index (Phi) is 3.09. The van der Waals surface area contributed by atoms with Crippen LogP contribution in [0.25, 0.3) is 0 Å². The Morgan fingerprint density at radius 1 is 1.50 bits per heavy atom. The zero-order chi connectivity index (χ0) is 8.97. The largest absolute Gasteiger partial charge is 0.512 e. The van der Waals surface area contributed by atoms with Crippen LogP contribution in [-0.4, -0.2) is 10.9 Å². The van der Waals surface area contributed by atoms with Crippen molar-refractivity contribution in [3.8, 4) is 0 Å². The van der Waals surface area contributed by atoms with Crippen LogP contribution in [0.4, 0.5) is 0 Å². The summed E-state index contributed by atoms with van der Waals surface area (Å²) in [5.74, 6) is 0.411. The Labute approximate surface area is 72.6 Å². The molecule has 0 aliphatic heterocycles. The van der Waals surface area contributed by atoms with Crippen molar-refractivity contribution in [2.75, 3.05) is 0 Å². The molecule has 0 fully saturated rings. The predicted molar refractivity (Wildman–Crippen MR) is 47.9 cm³/mol. The number of allylic oxidation sites excluding steroid dienone is 3. The molecule has 0 unspecified atom stereocenters. The zero-order valence-corrected chi connectivity index (χ0v) is 7.18. The summed E-state index contributed by atoms with van der Waals surface area (Å²) in [6, 6.07) is 0. The van der Waals surface area contributed by atoms with Crippen LogP contribution < -0.4 is 0 Å². The van der Waals surface area contributed by atoms with E-state index >= 15 is 0 Å². The highest BCUT2D eigenvalue weighted by molar-refractivity contribution is 5.96. The SMILES string of the molecule is C=CCCC1=C(O)CCCC1=O. The van der Waals surface area contributed by atoms with Gasteiger partial charge in [0.15, 0.2) is 5.78 Å². The van der Waals surface area contributed by atoms with E-state index in [1.54, 1.807) is 6.08 Å². The number of aliphatic hydroxyl groups is 1. The number of hydrogen-bond acceptors (Lipinski definition) is 2. The smallest absolute Gasteiger partial charge is 0.162 e. The molecular formula is C10H14O2. The van der Waals surface area contributed by atoms with Gasteiger partial charge in [0.05, 0.1) is 5.76 Å². The molecule has 0 aromatic carbocycles. The Morgan fingerprint density at radius 2 is 2.25 bits per heavy atom. The van der Waals surface area contributed by atoms with Crippen molar-refractivity contribution in [1.82, 2.24) is 0 Å². The Morgan fingerprint density at radius 3 is 2.83 bits per heavy atom. The first kappa shape index (κ1) is 9.04. The number of aliphatic hydroxyl groups excluding tert-OH is 1. The van der Waals surface area contributed by atoms with Gasteiger partial charge in [0.2, 0.25) is 0 Å². The lowest BCUT2D eigenvalue weighted by atomic mass is 9.93. The molecule has 12 heavy (non-hydrogen) atoms. The lowest BCUT2D eigenvalue weighted by molar-refractivity contribution is -0.116. The van der Waals surface area contributed by atoms with Gasteiger partial charge in [0, 0.05) is 18.4 Å². The fourth-order valence-electron chi connectivity index (χ4n) is 1.41. The van der Waals surface area contributed by atoms with Crippen molar-refractivity contribution in [3.05, 3.63) is 24.0 Å². The van der Waals surface area contributed by atoms with Gasteiger partial charge in [-0.1, -0.05) is 6.08 Å². The van der Waals surface area contributed by atoms with E-state index < -0.39 is 0 Å². The van der Waals surface area contributed by atoms with Gasteiger partial charge in [-0.05, 0) is 19.3 Å². The second-order valence-corrected chi connectivity index (χ2v) is 3.03. The third-order valence-corrected chi connectivity index (χ3v) is 2.10. The van der Waals surface area contributed by atoms with Crippen molar-refractivity contribution in [2.24, 2.45) is 0 Å². The number of carbonyl (C=O) groups excluding carboxylic acids is 1. The molecule has 1 aliphatic rings. The average Bonchev–Trinajstić information content (AvgIpc) is 2.04. The second kappa shape index (κ2) is 4.10. The van der Waals surface area contributed by atoms with Crippen molar-refractivity contribution < 1.29 is 9.90 Å². The molecule has 1 rings (SSSR count). The first-order valence-corrected chi connectivity index (χ1v) is 4.30. The van der Waals surface area contributed by atoms with E-state index in [1.807, 2.05) is 0 Å². The van der Waals surface area contributed by atoms with Gasteiger partial charge in [0.25, 0.3) is 0 Å². The number of carbonyl (C=O) groups is 1. The Balaban J connectivity index is 2.67. The first-order chi connectivity index (χ1) is 5.75. The van der Waals surface area contributed by atoms with Crippen LogP contribution >= 0.6 is 0 Å². The number of hydrogen-bond donors (Lipinski definition) is 1. The standard InChI is InChI=1S/C10H14O2/c1-2-3-5-8-9(11)6-4-7-10(8)12/h2,11H,1,3-7H2. The molecule has 1 N–H and O–H groups in total. The summed E-state index contributed by atoms with van der Waals surface area (Å²) >= 11 is 0. The maximum atomic E-state index is 11.3. The third kappa shape index (κ3) is 1.97. The quantitative estimate of drug-likeness (QED) is 0.654. The maximum absolute atomic E-state index is 11.3. The highest BCUT2D eigenvalue weighted by Crippen LogP contribution is 2.23. The summed E-state index contributed by atoms with van der Waals surface area (Å²) in [4.78, 5) is 11.3. The van der Waals surface area contributed by atoms with Gasteiger partial charge in [-0.2, -0.15) is 0 Å². The fourth-order valence-corrected chi connectivity index (χ4v) is 1.41. The van der Waals surface area contributed by atoms with Crippen molar-refractivity contribution >= 4 is 5.78 Å². The highest BCUT2D eigenvalue weighted by atomic mass is 16.3. The van der Waals surface area contributed by atoms with E-state index in [0.717, 1.165) is 12.8 Å². The van der Waals surface area contributed by atoms with Crippen molar-refractivity contribution in [2.45, 2.75) is 32.1 Å². The normalized spacial score (nSPS) is 18.2. The van der Waals surface area contributed by atoms with Crippen molar-refractivity contribution in [3.63, 3.8) is 0 Å². The third-order valence-electron chi connectivity index (χ3n) is 2.10. The zero-order valence-electron chi connectivity index (χ0n) is 7.18. The van der Waals surface area contributed by atoms with Gasteiger partial charge >= 0.3 is 0 Å². The van der Waals surface area contributed by atoms with Crippen molar-refractivity contribution in [1.29, 1.82) is 0 Å². The highest BCUT2D eigenvalue weighted by Gasteiger charge is 2.18. The van der Waals surface area contributed by atoms with E-state index in [9.17, 15) is 9.90 Å². The molecule has 0 bridgehead atoms. The van der Waals surface area contributed by atoms with Crippen LogP contribution in [0.1, 0.15) is 32.1 Å². The van der Waals surface area contributed by atoms with E-state index in [0.29, 0.717) is 30.6 Å². The summed E-state index contributed by atoms with van der Waals surface area (Å²) in [7, 11) is 0. The maximum Gasteiger partial charge on any atom is 0.162 e. The summed E-state index contributed by atoms with van der Waals surface area (Å²) in [6.45, 7) is 3.58. The van der Waals surface area contributed by atoms with Gasteiger partial charge < -0.3 is 5.11 Å². The molecule has 1 aliphatic carbocycles. The fraction of sp³-hybridized carbons (Fsp3) is 0.500. The van der Waals surface area contributed by atoms with Crippen LogP contribution in [0.2, 0.25) is 0 Å². The molecule has 0 atom stereocenters. The predicted octanol–water partition coefficient (Wildman–Crippen LogP) is 2.52. The van der Waals surface area contributed by atoms with E-state index in [2.05, 4.69) is 6.58 Å². The average molecular weight is 166 g/mol. The first-order valence-electron chi connectivity index (χ1n) is 4.30. The molecule has 66 valence electrons. The lowest BCUT2D eigenvalue weighted by Gasteiger charge is -2.13. The molecule has 2 heteroatoms. The molecule has 0 aromatic rings. The van der Waals surface area contributed by atoms with Crippen LogP contribution in [0, 0.1) is 0 Å². The Hall–Kier alpha value is -1.05. The van der Waals surface area contributed by atoms with E-state index in [1.165, 1.54) is 0 Å². The minimum atomic E-state index is 0.112. The summed E-state index contributed by atoms with van der Waals surface area (Å²) in [6.07, 6.45) is 5.23. The minimum Gasteiger partial charge on any atom is -0.512 e. The van der Waals surface area contributed by atoms with Crippen LogP contribution in [-0.2, 0) is 4.79 Å². The molecule has 0 radical (unpaired) electrons. The molecule has 0 saturated heterocycles. The molecule has 0 heterocycles. The van der Waals surface area contributed by atoms with E-state index in [-0.39, 0.29) is 5.78 Å². The number of ketones is 1. The van der Waals surface area contributed by atoms with Gasteiger partial charge in [-0.25, -0.2) is 0 Å². The number of Topliss-reactive ketones (excluding diaryl/α,β-unsaturated/α-hetero) is 1. The minimum absolute atomic E-state index is 0.112. The molecule has 0 saturated carbocycles. The van der Waals surface area contributed by atoms with Gasteiger partial charge in [-0.3, -0.25) is 4.79 Å². The molecule has 2 nitrogen and oxygen atoms in total. The van der Waals surface area contributed by atoms with Crippen LogP contribution in [0.3, 0.4) is 0 Å². The van der Waals surface area contributed by atoms with Gasteiger partial charge in [-0.15, -0.1) is 6.58 Å². The summed E-state index contributed by atoms with van der Waals surface area (Å²) in [5.41, 5.74) is 0.626. The number of rotatable bonds is 3. The molecule has 0 spiro atoms. The topological polar surface area (TPSA) is 37.3 Å². The summed E-state index contributed by atoms with van der Waals surface area (Å²) < 4.78 is 0. The summed E-state index contributed by atoms with van der Waals surface area (Å²) in [5, 5.41) is 9.39. The van der Waals surface area contributed by atoms with Gasteiger partial charge in [0.1, 0.15) is 0 Å². The molecule has 0 aromatic heterocycles. The lowest BCUT2D eigenvalue weighted by Crippen LogP contribution is -2.11. The van der Waals surface area contributed by atoms with E-state index in [4.69, 9.17) is 0 Å². The molecular weight excluding hydrogens is 152 g/mol. The van der Waals surface area contributed by atoms with Crippen LogP contribution in [0.15, 0.2) is 24.0 Å². The molecule has 0 amide bonds. The Bertz CT molecular complexity index is 226. The monoisotopic (exact) mass is 166 g/mol. The van der Waals surface area contributed by atoms with Crippen LogP contribution in [0.5, 0.6) is 0 Å². The second-order valence-electron chi connectivity index (χ2n) is 3.03.